The molecule has 0 aliphatic rings. The van der Waals surface area contributed by atoms with Crippen LogP contribution >= 0.6 is 24.4 Å². The maximum atomic E-state index is 5.41. The smallest absolute Gasteiger partial charge is 0.366 e. The van der Waals surface area contributed by atoms with Crippen molar-refractivity contribution in [1.29, 1.82) is 0 Å². The van der Waals surface area contributed by atoms with Gasteiger partial charge in [-0.15, -0.1) is 0 Å². The van der Waals surface area contributed by atoms with Crippen LogP contribution in [0.5, 0.6) is 0 Å². The Labute approximate surface area is 121 Å². The first-order valence-corrected chi connectivity index (χ1v) is 6.50. The van der Waals surface area contributed by atoms with E-state index in [9.17, 15) is 0 Å². The molecule has 0 aliphatic heterocycles. The molecule has 0 saturated heterocycles. The molecule has 0 amide bonds. The number of fused-ring (bicyclic) bond motifs is 3. The maximum Gasteiger partial charge on any atom is 0.366 e. The molecule has 0 saturated carbocycles. The summed E-state index contributed by atoms with van der Waals surface area (Å²) in [5, 5.41) is 0. The molecule has 1 aromatic carbocycles. The molecule has 100 valence electrons. The van der Waals surface area contributed by atoms with Crippen LogP contribution in [0.4, 0.5) is 0 Å². The number of aromatic nitrogens is 2. The highest BCUT2D eigenvalue weighted by Gasteiger charge is 2.19. The van der Waals surface area contributed by atoms with Crippen molar-refractivity contribution in [2.75, 3.05) is 0 Å². The Morgan fingerprint density at radius 3 is 1.55 bits per heavy atom. The van der Waals surface area contributed by atoms with E-state index in [1.165, 1.54) is 0 Å². The summed E-state index contributed by atoms with van der Waals surface area (Å²) in [6, 6.07) is 0. The first-order valence-electron chi connectivity index (χ1n) is 5.69. The van der Waals surface area contributed by atoms with Gasteiger partial charge in [-0.2, -0.15) is 0 Å². The summed E-state index contributed by atoms with van der Waals surface area (Å²) in [7, 11) is 0. The van der Waals surface area contributed by atoms with Gasteiger partial charge in [0.15, 0.2) is 11.2 Å². The summed E-state index contributed by atoms with van der Waals surface area (Å²) >= 11 is 9.77. The fraction of sp³-hybridized carbons (Fsp3) is 0.167. The highest BCUT2D eigenvalue weighted by atomic mass is 32.1. The van der Waals surface area contributed by atoms with Crippen molar-refractivity contribution in [2.24, 2.45) is 0 Å². The first-order chi connectivity index (χ1) is 9.54. The van der Waals surface area contributed by atoms with E-state index in [2.05, 4.69) is 9.97 Å². The molecule has 0 aliphatic carbocycles. The third-order valence-corrected chi connectivity index (χ3v) is 3.50. The number of rotatable bonds is 0. The van der Waals surface area contributed by atoms with E-state index < -0.39 is 0 Å². The van der Waals surface area contributed by atoms with Crippen molar-refractivity contribution in [3.8, 4) is 0 Å². The van der Waals surface area contributed by atoms with E-state index in [0.29, 0.717) is 22.2 Å². The lowest BCUT2D eigenvalue weighted by atomic mass is 10.1. The summed E-state index contributed by atoms with van der Waals surface area (Å²) in [4.78, 5) is 8.85. The van der Waals surface area contributed by atoms with Crippen molar-refractivity contribution < 1.29 is 17.7 Å². The predicted octanol–water partition coefficient (Wildman–Crippen LogP) is 4.38. The lowest BCUT2D eigenvalue weighted by Gasteiger charge is -2.03. The standard InChI is InChI=1S/C12H6N2O4S2/c1-3-5-6(4(2)8-7(3)15-11(19)16-8)14-10-9(13-5)17-12(20)18-10/h1-2H3. The number of aryl methyl sites for hydroxylation is 2. The number of nitrogens with zero attached hydrogens (tertiary/aromatic N) is 2. The summed E-state index contributed by atoms with van der Waals surface area (Å²) < 4.78 is 21.2. The van der Waals surface area contributed by atoms with Crippen molar-refractivity contribution in [1.82, 2.24) is 9.97 Å². The fourth-order valence-electron chi connectivity index (χ4n) is 2.23. The summed E-state index contributed by atoms with van der Waals surface area (Å²) in [5.74, 6) is 0. The Balaban J connectivity index is 2.35. The summed E-state index contributed by atoms with van der Waals surface area (Å²) in [5.41, 5.74) is 4.47. The third kappa shape index (κ3) is 1.43. The topological polar surface area (TPSA) is 78.3 Å². The van der Waals surface area contributed by atoms with Crippen LogP contribution in [-0.2, 0) is 0 Å². The minimum atomic E-state index is -0.00756. The van der Waals surface area contributed by atoms with Gasteiger partial charge < -0.3 is 17.7 Å². The second-order valence-corrected chi connectivity index (χ2v) is 5.01. The SMILES string of the molecule is Cc1c2nc3oc(=S)oc3nc2c(C)c2oc(=S)oc12. The van der Waals surface area contributed by atoms with E-state index in [0.717, 1.165) is 11.1 Å². The largest absolute Gasteiger partial charge is 0.413 e. The van der Waals surface area contributed by atoms with Gasteiger partial charge in [-0.1, -0.05) is 0 Å². The van der Waals surface area contributed by atoms with Gasteiger partial charge in [0.25, 0.3) is 11.4 Å². The van der Waals surface area contributed by atoms with Gasteiger partial charge in [-0.3, -0.25) is 0 Å². The van der Waals surface area contributed by atoms with E-state index in [-0.39, 0.29) is 21.2 Å². The molecule has 0 radical (unpaired) electrons. The maximum absolute atomic E-state index is 5.41. The van der Waals surface area contributed by atoms with Crippen LogP contribution in [0, 0.1) is 23.7 Å². The molecule has 8 heteroatoms. The average molecular weight is 306 g/mol. The van der Waals surface area contributed by atoms with Crippen molar-refractivity contribution >= 4 is 58.1 Å². The average Bonchev–Trinajstić information content (AvgIpc) is 2.96. The Morgan fingerprint density at radius 2 is 1.10 bits per heavy atom. The molecule has 3 aromatic heterocycles. The number of hydrogen-bond acceptors (Lipinski definition) is 8. The van der Waals surface area contributed by atoms with Crippen molar-refractivity contribution in [3.63, 3.8) is 0 Å². The molecular formula is C12H6N2O4S2. The highest BCUT2D eigenvalue weighted by molar-refractivity contribution is 7.71. The molecule has 0 atom stereocenters. The van der Waals surface area contributed by atoms with Gasteiger partial charge in [0.1, 0.15) is 11.0 Å². The van der Waals surface area contributed by atoms with Crippen LogP contribution < -0.4 is 0 Å². The second kappa shape index (κ2) is 3.74. The first kappa shape index (κ1) is 11.7. The zero-order chi connectivity index (χ0) is 14.0. The van der Waals surface area contributed by atoms with Crippen molar-refractivity contribution in [3.05, 3.63) is 20.9 Å². The summed E-state index contributed by atoms with van der Waals surface area (Å²) in [6.07, 6.45) is 0. The van der Waals surface area contributed by atoms with Crippen LogP contribution in [0.3, 0.4) is 0 Å². The molecule has 0 bridgehead atoms. The van der Waals surface area contributed by atoms with Gasteiger partial charge in [-0.25, -0.2) is 9.97 Å². The molecule has 0 spiro atoms. The molecular weight excluding hydrogens is 300 g/mol. The van der Waals surface area contributed by atoms with E-state index in [1.807, 2.05) is 13.8 Å². The zero-order valence-corrected chi connectivity index (χ0v) is 12.0. The Bertz CT molecular complexity index is 1030. The van der Waals surface area contributed by atoms with E-state index in [1.54, 1.807) is 0 Å². The Morgan fingerprint density at radius 1 is 0.700 bits per heavy atom. The van der Waals surface area contributed by atoms with E-state index in [4.69, 9.17) is 42.1 Å². The number of hydrogen-bond donors (Lipinski definition) is 0. The third-order valence-electron chi connectivity index (χ3n) is 3.16. The van der Waals surface area contributed by atoms with Gasteiger partial charge in [0.2, 0.25) is 0 Å². The normalized spacial score (nSPS) is 11.9. The van der Waals surface area contributed by atoms with Crippen molar-refractivity contribution in [2.45, 2.75) is 13.8 Å². The van der Waals surface area contributed by atoms with Crippen LogP contribution in [0.1, 0.15) is 11.1 Å². The monoisotopic (exact) mass is 306 g/mol. The fourth-order valence-corrected chi connectivity index (χ4v) is 2.55. The number of benzene rings is 1. The molecule has 20 heavy (non-hydrogen) atoms. The predicted molar refractivity (Wildman–Crippen MR) is 74.8 cm³/mol. The molecule has 4 aromatic rings. The van der Waals surface area contributed by atoms with Crippen LogP contribution in [0.15, 0.2) is 17.7 Å². The lowest BCUT2D eigenvalue weighted by molar-refractivity contribution is 0.439. The van der Waals surface area contributed by atoms with Gasteiger partial charge in [0, 0.05) is 35.6 Å². The van der Waals surface area contributed by atoms with Gasteiger partial charge in [0.05, 0.1) is 0 Å². The van der Waals surface area contributed by atoms with Crippen LogP contribution in [-0.4, -0.2) is 9.97 Å². The Kier molecular flexibility index (Phi) is 2.19. The zero-order valence-electron chi connectivity index (χ0n) is 10.3. The van der Waals surface area contributed by atoms with Crippen LogP contribution in [0.25, 0.3) is 33.6 Å². The minimum Gasteiger partial charge on any atom is -0.413 e. The van der Waals surface area contributed by atoms with E-state index >= 15 is 0 Å². The van der Waals surface area contributed by atoms with Crippen LogP contribution in [0.2, 0.25) is 0 Å². The molecule has 6 nitrogen and oxygen atoms in total. The molecule has 4 rings (SSSR count). The highest BCUT2D eigenvalue weighted by Crippen LogP contribution is 2.32. The molecule has 0 N–H and O–H groups in total. The minimum absolute atomic E-state index is 0.00756. The quantitative estimate of drug-likeness (QED) is 0.443. The molecule has 0 unspecified atom stereocenters. The lowest BCUT2D eigenvalue weighted by Crippen LogP contribution is -1.92. The second-order valence-electron chi connectivity index (χ2n) is 4.35. The van der Waals surface area contributed by atoms with Gasteiger partial charge >= 0.3 is 9.81 Å². The summed E-state index contributed by atoms with van der Waals surface area (Å²) in [6.45, 7) is 3.71. The molecule has 3 heterocycles. The Hall–Kier alpha value is -2.06. The molecule has 0 fully saturated rings. The van der Waals surface area contributed by atoms with Gasteiger partial charge in [-0.05, 0) is 13.8 Å².